The smallest absolute Gasteiger partial charge is 0.0885 e. The van der Waals surface area contributed by atoms with Crippen LogP contribution in [0.3, 0.4) is 0 Å². The van der Waals surface area contributed by atoms with Crippen molar-refractivity contribution >= 4 is 22.5 Å². The molecule has 0 saturated carbocycles. The van der Waals surface area contributed by atoms with E-state index in [0.29, 0.717) is 17.3 Å². The molecule has 0 bridgehead atoms. The number of rotatable bonds is 4. The highest BCUT2D eigenvalue weighted by Gasteiger charge is 2.12. The SMILES string of the molecule is Cn1ccc2ccc(-c3cc(CO)nn3Cc3ccccc3Cl)cc21. The Balaban J connectivity index is 1.81. The van der Waals surface area contributed by atoms with Crippen LogP contribution in [0, 0.1) is 0 Å². The largest absolute Gasteiger partial charge is 0.390 e. The van der Waals surface area contributed by atoms with Gasteiger partial charge >= 0.3 is 0 Å². The van der Waals surface area contributed by atoms with Crippen molar-refractivity contribution in [1.29, 1.82) is 0 Å². The third-order valence-corrected chi connectivity index (χ3v) is 4.82. The molecule has 0 aliphatic heterocycles. The second-order valence-electron chi connectivity index (χ2n) is 6.13. The fraction of sp³-hybridized carbons (Fsp3) is 0.150. The predicted molar refractivity (Wildman–Crippen MR) is 101 cm³/mol. The lowest BCUT2D eigenvalue weighted by molar-refractivity contribution is 0.275. The van der Waals surface area contributed by atoms with E-state index in [1.54, 1.807) is 0 Å². The van der Waals surface area contributed by atoms with Gasteiger partial charge in [-0.15, -0.1) is 0 Å². The molecule has 5 heteroatoms. The highest BCUT2D eigenvalue weighted by atomic mass is 35.5. The fourth-order valence-corrected chi connectivity index (χ4v) is 3.31. The van der Waals surface area contributed by atoms with Crippen molar-refractivity contribution in [3.8, 4) is 11.3 Å². The third-order valence-electron chi connectivity index (χ3n) is 4.45. The average Bonchev–Trinajstić information content (AvgIpc) is 3.20. The third kappa shape index (κ3) is 2.95. The molecule has 4 aromatic rings. The van der Waals surface area contributed by atoms with Crippen LogP contribution < -0.4 is 0 Å². The minimum absolute atomic E-state index is 0.0884. The maximum atomic E-state index is 9.52. The summed E-state index contributed by atoms with van der Waals surface area (Å²) < 4.78 is 4.00. The molecular weight excluding hydrogens is 334 g/mol. The van der Waals surface area contributed by atoms with E-state index in [1.165, 1.54) is 5.39 Å². The maximum absolute atomic E-state index is 9.52. The first-order valence-corrected chi connectivity index (χ1v) is 8.50. The predicted octanol–water partition coefficient (Wildman–Crippen LogP) is 4.24. The van der Waals surface area contributed by atoms with E-state index in [4.69, 9.17) is 11.6 Å². The minimum atomic E-state index is -0.0884. The zero-order valence-corrected chi connectivity index (χ0v) is 14.6. The number of aliphatic hydroxyl groups is 1. The van der Waals surface area contributed by atoms with E-state index in [9.17, 15) is 5.11 Å². The summed E-state index contributed by atoms with van der Waals surface area (Å²) in [5, 5.41) is 16.0. The van der Waals surface area contributed by atoms with Gasteiger partial charge in [0.2, 0.25) is 0 Å². The summed E-state index contributed by atoms with van der Waals surface area (Å²) in [4.78, 5) is 0. The van der Waals surface area contributed by atoms with Gasteiger partial charge in [-0.1, -0.05) is 41.9 Å². The first-order chi connectivity index (χ1) is 12.2. The number of aromatic nitrogens is 3. The van der Waals surface area contributed by atoms with Crippen molar-refractivity contribution in [2.24, 2.45) is 7.05 Å². The summed E-state index contributed by atoms with van der Waals surface area (Å²) in [5.41, 5.74) is 4.83. The molecular formula is C20H18ClN3O. The summed E-state index contributed by atoms with van der Waals surface area (Å²) in [6, 6.07) is 18.1. The lowest BCUT2D eigenvalue weighted by Gasteiger charge is -2.10. The molecule has 126 valence electrons. The van der Waals surface area contributed by atoms with E-state index < -0.39 is 0 Å². The summed E-state index contributed by atoms with van der Waals surface area (Å²) >= 11 is 6.30. The standard InChI is InChI=1S/C20H18ClN3O/c1-23-9-8-14-6-7-15(10-19(14)23)20-11-17(13-25)22-24(20)12-16-4-2-3-5-18(16)21/h2-11,25H,12-13H2,1H3. The van der Waals surface area contributed by atoms with E-state index in [1.807, 2.05) is 42.1 Å². The maximum Gasteiger partial charge on any atom is 0.0885 e. The molecule has 4 rings (SSSR count). The van der Waals surface area contributed by atoms with Crippen LogP contribution in [0.2, 0.25) is 5.02 Å². The van der Waals surface area contributed by atoms with Gasteiger partial charge in [0.05, 0.1) is 24.5 Å². The van der Waals surface area contributed by atoms with Crippen LogP contribution in [-0.4, -0.2) is 19.5 Å². The minimum Gasteiger partial charge on any atom is -0.390 e. The molecule has 0 aliphatic carbocycles. The van der Waals surface area contributed by atoms with Crippen LogP contribution in [0.15, 0.2) is 60.8 Å². The number of aliphatic hydroxyl groups excluding tert-OH is 1. The zero-order valence-electron chi connectivity index (χ0n) is 13.9. The Morgan fingerprint density at radius 3 is 2.72 bits per heavy atom. The second-order valence-corrected chi connectivity index (χ2v) is 6.54. The molecule has 2 aromatic heterocycles. The van der Waals surface area contributed by atoms with Crippen molar-refractivity contribution < 1.29 is 5.11 Å². The van der Waals surface area contributed by atoms with E-state index >= 15 is 0 Å². The van der Waals surface area contributed by atoms with Crippen molar-refractivity contribution in [1.82, 2.24) is 14.3 Å². The van der Waals surface area contributed by atoms with E-state index in [0.717, 1.165) is 22.3 Å². The van der Waals surface area contributed by atoms with Crippen LogP contribution in [0.25, 0.3) is 22.2 Å². The summed E-state index contributed by atoms with van der Waals surface area (Å²) in [6.07, 6.45) is 2.05. The normalized spacial score (nSPS) is 11.3. The van der Waals surface area contributed by atoms with Crippen LogP contribution in [0.4, 0.5) is 0 Å². The number of halogens is 1. The molecule has 0 fully saturated rings. The highest BCUT2D eigenvalue weighted by Crippen LogP contribution is 2.27. The van der Waals surface area contributed by atoms with Gasteiger partial charge in [0.15, 0.2) is 0 Å². The summed E-state index contributed by atoms with van der Waals surface area (Å²) in [5.74, 6) is 0. The van der Waals surface area contributed by atoms with Crippen LogP contribution in [0.1, 0.15) is 11.3 Å². The van der Waals surface area contributed by atoms with Crippen LogP contribution in [0.5, 0.6) is 0 Å². The summed E-state index contributed by atoms with van der Waals surface area (Å²) in [7, 11) is 2.03. The van der Waals surface area contributed by atoms with Gasteiger partial charge in [0.25, 0.3) is 0 Å². The highest BCUT2D eigenvalue weighted by molar-refractivity contribution is 6.31. The van der Waals surface area contributed by atoms with Crippen molar-refractivity contribution in [3.63, 3.8) is 0 Å². The fourth-order valence-electron chi connectivity index (χ4n) is 3.11. The van der Waals surface area contributed by atoms with Crippen molar-refractivity contribution in [2.45, 2.75) is 13.2 Å². The quantitative estimate of drug-likeness (QED) is 0.597. The lowest BCUT2D eigenvalue weighted by atomic mass is 10.1. The molecule has 0 unspecified atom stereocenters. The van der Waals surface area contributed by atoms with Gasteiger partial charge < -0.3 is 9.67 Å². The first-order valence-electron chi connectivity index (χ1n) is 8.12. The molecule has 4 nitrogen and oxygen atoms in total. The van der Waals surface area contributed by atoms with Gasteiger partial charge in [0.1, 0.15) is 0 Å². The molecule has 0 atom stereocenters. The number of hydrogen-bond acceptors (Lipinski definition) is 2. The van der Waals surface area contributed by atoms with E-state index in [2.05, 4.69) is 40.1 Å². The Kier molecular flexibility index (Phi) is 4.07. The zero-order chi connectivity index (χ0) is 17.4. The molecule has 0 saturated heterocycles. The Labute approximate surface area is 150 Å². The van der Waals surface area contributed by atoms with Crippen molar-refractivity contribution in [3.05, 3.63) is 77.1 Å². The summed E-state index contributed by atoms with van der Waals surface area (Å²) in [6.45, 7) is 0.467. The first kappa shape index (κ1) is 15.9. The topological polar surface area (TPSA) is 43.0 Å². The number of hydrogen-bond donors (Lipinski definition) is 1. The molecule has 2 aromatic carbocycles. The van der Waals surface area contributed by atoms with Gasteiger partial charge in [0, 0.05) is 29.3 Å². The molecule has 0 radical (unpaired) electrons. The monoisotopic (exact) mass is 351 g/mol. The lowest BCUT2D eigenvalue weighted by Crippen LogP contribution is -2.05. The molecule has 0 spiro atoms. The second kappa shape index (κ2) is 6.39. The Morgan fingerprint density at radius 2 is 1.92 bits per heavy atom. The van der Waals surface area contributed by atoms with Gasteiger partial charge in [-0.2, -0.15) is 5.10 Å². The number of nitrogens with zero attached hydrogens (tertiary/aromatic N) is 3. The molecule has 2 heterocycles. The Hall–Kier alpha value is -2.56. The van der Waals surface area contributed by atoms with Crippen molar-refractivity contribution in [2.75, 3.05) is 0 Å². The molecule has 0 aliphatic rings. The van der Waals surface area contributed by atoms with E-state index in [-0.39, 0.29) is 6.61 Å². The Bertz CT molecular complexity index is 1050. The number of benzene rings is 2. The number of fused-ring (bicyclic) bond motifs is 1. The van der Waals surface area contributed by atoms with Gasteiger partial charge in [-0.3, -0.25) is 4.68 Å². The molecule has 0 amide bonds. The number of aryl methyl sites for hydroxylation is 1. The molecule has 25 heavy (non-hydrogen) atoms. The van der Waals surface area contributed by atoms with Gasteiger partial charge in [-0.25, -0.2) is 0 Å². The van der Waals surface area contributed by atoms with Gasteiger partial charge in [-0.05, 0) is 35.2 Å². The van der Waals surface area contributed by atoms with Crippen LogP contribution in [-0.2, 0) is 20.2 Å². The molecule has 1 N–H and O–H groups in total. The Morgan fingerprint density at radius 1 is 1.08 bits per heavy atom. The average molecular weight is 352 g/mol. The van der Waals surface area contributed by atoms with Crippen LogP contribution >= 0.6 is 11.6 Å².